The molecular formula is C21H18N4O3. The van der Waals surface area contributed by atoms with E-state index in [1.807, 2.05) is 13.0 Å². The minimum Gasteiger partial charge on any atom is -0.480 e. The van der Waals surface area contributed by atoms with Crippen LogP contribution in [0.15, 0.2) is 60.9 Å². The lowest BCUT2D eigenvalue weighted by atomic mass is 10.2. The Balaban J connectivity index is 1.65. The van der Waals surface area contributed by atoms with Crippen LogP contribution in [0.4, 0.5) is 5.69 Å². The number of para-hydroxylation sites is 1. The quantitative estimate of drug-likeness (QED) is 0.704. The molecule has 0 aliphatic carbocycles. The summed E-state index contributed by atoms with van der Waals surface area (Å²) in [5.41, 5.74) is 1.82. The van der Waals surface area contributed by atoms with Crippen molar-refractivity contribution < 1.29 is 14.3 Å². The predicted octanol–water partition coefficient (Wildman–Crippen LogP) is 3.86. The topological polar surface area (TPSA) is 97.1 Å². The van der Waals surface area contributed by atoms with Gasteiger partial charge in [0.15, 0.2) is 6.10 Å². The lowest BCUT2D eigenvalue weighted by Crippen LogP contribution is -2.30. The first-order chi connectivity index (χ1) is 13.6. The van der Waals surface area contributed by atoms with Crippen LogP contribution in [-0.2, 0) is 4.79 Å². The molecule has 3 aromatic rings. The van der Waals surface area contributed by atoms with Crippen LogP contribution in [0.1, 0.15) is 18.1 Å². The summed E-state index contributed by atoms with van der Waals surface area (Å²) in [4.78, 5) is 20.5. The summed E-state index contributed by atoms with van der Waals surface area (Å²) in [6.45, 7) is 3.48. The van der Waals surface area contributed by atoms with Crippen LogP contribution >= 0.6 is 0 Å². The number of amides is 1. The molecule has 1 atom stereocenters. The molecule has 0 saturated carbocycles. The molecule has 0 fully saturated rings. The fraction of sp³-hybridized carbons (Fsp3) is 0.143. The molecule has 0 aliphatic heterocycles. The maximum atomic E-state index is 12.5. The number of benzene rings is 2. The molecule has 0 bridgehead atoms. The van der Waals surface area contributed by atoms with Crippen molar-refractivity contribution in [2.75, 3.05) is 5.32 Å². The van der Waals surface area contributed by atoms with Gasteiger partial charge >= 0.3 is 6.01 Å². The van der Waals surface area contributed by atoms with E-state index in [9.17, 15) is 4.79 Å². The lowest BCUT2D eigenvalue weighted by Gasteiger charge is -2.16. The van der Waals surface area contributed by atoms with Gasteiger partial charge in [-0.3, -0.25) is 4.79 Å². The molecule has 2 aromatic carbocycles. The number of carbonyl (C=O) groups is 1. The molecule has 1 N–H and O–H groups in total. The Labute approximate surface area is 162 Å². The number of anilines is 1. The third-order valence-electron chi connectivity index (χ3n) is 3.89. The Hall–Kier alpha value is -3.92. The van der Waals surface area contributed by atoms with Gasteiger partial charge in [-0.2, -0.15) is 5.26 Å². The Morgan fingerprint density at radius 1 is 1.14 bits per heavy atom. The molecule has 1 heterocycles. The summed E-state index contributed by atoms with van der Waals surface area (Å²) in [7, 11) is 0. The van der Waals surface area contributed by atoms with Gasteiger partial charge in [-0.25, -0.2) is 9.97 Å². The molecule has 0 spiro atoms. The Morgan fingerprint density at radius 2 is 1.89 bits per heavy atom. The van der Waals surface area contributed by atoms with Gasteiger partial charge in [-0.1, -0.05) is 12.1 Å². The predicted molar refractivity (Wildman–Crippen MR) is 103 cm³/mol. The minimum atomic E-state index is -0.775. The fourth-order valence-electron chi connectivity index (χ4n) is 2.42. The highest BCUT2D eigenvalue weighted by Crippen LogP contribution is 2.25. The zero-order valence-electron chi connectivity index (χ0n) is 15.4. The van der Waals surface area contributed by atoms with Crippen molar-refractivity contribution in [2.24, 2.45) is 0 Å². The number of rotatable bonds is 6. The van der Waals surface area contributed by atoms with E-state index in [0.717, 1.165) is 5.56 Å². The SMILES string of the molecule is Cc1cc(Oc2ncccn2)ccc1NC(=O)C(C)Oc1ccccc1C#N. The largest absolute Gasteiger partial charge is 0.480 e. The molecule has 7 nitrogen and oxygen atoms in total. The monoisotopic (exact) mass is 374 g/mol. The van der Waals surface area contributed by atoms with Gasteiger partial charge in [0.25, 0.3) is 5.91 Å². The number of nitriles is 1. The zero-order chi connectivity index (χ0) is 19.9. The number of carbonyl (C=O) groups excluding carboxylic acids is 1. The highest BCUT2D eigenvalue weighted by atomic mass is 16.5. The first-order valence-electron chi connectivity index (χ1n) is 8.59. The van der Waals surface area contributed by atoms with Gasteiger partial charge in [-0.15, -0.1) is 0 Å². The van der Waals surface area contributed by atoms with E-state index in [-0.39, 0.29) is 11.9 Å². The first kappa shape index (κ1) is 18.9. The lowest BCUT2D eigenvalue weighted by molar-refractivity contribution is -0.122. The van der Waals surface area contributed by atoms with E-state index in [0.29, 0.717) is 22.7 Å². The van der Waals surface area contributed by atoms with Crippen LogP contribution < -0.4 is 14.8 Å². The Morgan fingerprint density at radius 3 is 2.61 bits per heavy atom. The van der Waals surface area contributed by atoms with Crippen molar-refractivity contribution in [3.8, 4) is 23.6 Å². The molecule has 0 aliphatic rings. The van der Waals surface area contributed by atoms with Gasteiger partial charge < -0.3 is 14.8 Å². The van der Waals surface area contributed by atoms with E-state index in [1.165, 1.54) is 0 Å². The molecule has 1 amide bonds. The molecular weight excluding hydrogens is 356 g/mol. The number of aryl methyl sites for hydroxylation is 1. The van der Waals surface area contributed by atoms with E-state index in [2.05, 4.69) is 15.3 Å². The van der Waals surface area contributed by atoms with E-state index in [1.54, 1.807) is 67.8 Å². The van der Waals surface area contributed by atoms with E-state index >= 15 is 0 Å². The minimum absolute atomic E-state index is 0.247. The van der Waals surface area contributed by atoms with E-state index < -0.39 is 6.10 Å². The average molecular weight is 374 g/mol. The summed E-state index contributed by atoms with van der Waals surface area (Å²) >= 11 is 0. The molecule has 1 unspecified atom stereocenters. The second-order valence-electron chi connectivity index (χ2n) is 5.97. The van der Waals surface area contributed by atoms with Crippen LogP contribution in [0, 0.1) is 18.3 Å². The molecule has 3 rings (SSSR count). The Kier molecular flexibility index (Phi) is 5.82. The standard InChI is InChI=1S/C21H18N4O3/c1-14-12-17(28-21-23-10-5-11-24-21)8-9-18(14)25-20(26)15(2)27-19-7-4-3-6-16(19)13-22/h3-12,15H,1-2H3,(H,25,26). The average Bonchev–Trinajstić information content (AvgIpc) is 2.71. The van der Waals surface area contributed by atoms with Crippen LogP contribution in [0.3, 0.4) is 0 Å². The normalized spacial score (nSPS) is 11.2. The first-order valence-corrected chi connectivity index (χ1v) is 8.59. The summed E-state index contributed by atoms with van der Waals surface area (Å²) in [5, 5.41) is 11.9. The molecule has 7 heteroatoms. The summed E-state index contributed by atoms with van der Waals surface area (Å²) in [5.74, 6) is 0.612. The van der Waals surface area contributed by atoms with Crippen molar-refractivity contribution in [1.82, 2.24) is 9.97 Å². The van der Waals surface area contributed by atoms with Crippen molar-refractivity contribution in [3.63, 3.8) is 0 Å². The zero-order valence-corrected chi connectivity index (χ0v) is 15.4. The third-order valence-corrected chi connectivity index (χ3v) is 3.89. The smallest absolute Gasteiger partial charge is 0.321 e. The fourth-order valence-corrected chi connectivity index (χ4v) is 2.42. The van der Waals surface area contributed by atoms with Crippen molar-refractivity contribution >= 4 is 11.6 Å². The summed E-state index contributed by atoms with van der Waals surface area (Å²) < 4.78 is 11.2. The van der Waals surface area contributed by atoms with Crippen molar-refractivity contribution in [2.45, 2.75) is 20.0 Å². The van der Waals surface area contributed by atoms with Crippen LogP contribution in [0.5, 0.6) is 17.5 Å². The second-order valence-corrected chi connectivity index (χ2v) is 5.97. The number of hydrogen-bond donors (Lipinski definition) is 1. The van der Waals surface area contributed by atoms with Crippen LogP contribution in [0.2, 0.25) is 0 Å². The highest BCUT2D eigenvalue weighted by molar-refractivity contribution is 5.94. The summed E-state index contributed by atoms with van der Waals surface area (Å²) in [6.07, 6.45) is 2.41. The molecule has 140 valence electrons. The van der Waals surface area contributed by atoms with E-state index in [4.69, 9.17) is 14.7 Å². The van der Waals surface area contributed by atoms with Crippen LogP contribution in [0.25, 0.3) is 0 Å². The van der Waals surface area contributed by atoms with Gasteiger partial charge in [0, 0.05) is 18.1 Å². The van der Waals surface area contributed by atoms with Crippen molar-refractivity contribution in [3.05, 3.63) is 72.1 Å². The van der Waals surface area contributed by atoms with Crippen molar-refractivity contribution in [1.29, 1.82) is 5.26 Å². The number of nitrogens with zero attached hydrogens (tertiary/aromatic N) is 3. The third kappa shape index (κ3) is 4.62. The highest BCUT2D eigenvalue weighted by Gasteiger charge is 2.17. The number of ether oxygens (including phenoxy) is 2. The van der Waals surface area contributed by atoms with Gasteiger partial charge in [0.1, 0.15) is 17.6 Å². The van der Waals surface area contributed by atoms with Gasteiger partial charge in [0.05, 0.1) is 5.56 Å². The molecule has 0 saturated heterocycles. The number of nitrogens with one attached hydrogen (secondary N) is 1. The van der Waals surface area contributed by atoms with Crippen LogP contribution in [-0.4, -0.2) is 22.0 Å². The van der Waals surface area contributed by atoms with Gasteiger partial charge in [0.2, 0.25) is 0 Å². The second kappa shape index (κ2) is 8.64. The number of aromatic nitrogens is 2. The Bertz CT molecular complexity index is 1020. The molecule has 0 radical (unpaired) electrons. The molecule has 1 aromatic heterocycles. The maximum absolute atomic E-state index is 12.5. The summed E-state index contributed by atoms with van der Waals surface area (Å²) in [6, 6.07) is 16.0. The van der Waals surface area contributed by atoms with Gasteiger partial charge in [-0.05, 0) is 55.8 Å². The maximum Gasteiger partial charge on any atom is 0.321 e. The molecule has 28 heavy (non-hydrogen) atoms. The number of hydrogen-bond acceptors (Lipinski definition) is 6.